The van der Waals surface area contributed by atoms with E-state index >= 15 is 0 Å². The number of nitriles is 1. The first kappa shape index (κ1) is 21.6. The van der Waals surface area contributed by atoms with Crippen LogP contribution in [-0.4, -0.2) is 39.7 Å². The predicted octanol–water partition coefficient (Wildman–Crippen LogP) is 4.02. The number of aryl methyl sites for hydroxylation is 4. The fourth-order valence-electron chi connectivity index (χ4n) is 3.97. The summed E-state index contributed by atoms with van der Waals surface area (Å²) in [6.07, 6.45) is 3.31. The van der Waals surface area contributed by atoms with Gasteiger partial charge in [0.15, 0.2) is 5.16 Å². The molecule has 0 atom stereocenters. The Hall–Kier alpha value is -2.63. The van der Waals surface area contributed by atoms with E-state index in [9.17, 15) is 9.59 Å². The number of aromatic nitrogens is 2. The van der Waals surface area contributed by atoms with Crippen molar-refractivity contribution in [2.24, 2.45) is 0 Å². The molecule has 2 heterocycles. The summed E-state index contributed by atoms with van der Waals surface area (Å²) >= 11 is 2.89. The van der Waals surface area contributed by atoms with Crippen molar-refractivity contribution in [3.05, 3.63) is 50.1 Å². The molecule has 0 unspecified atom stereocenters. The number of hydrogen-bond acceptors (Lipinski definition) is 6. The maximum atomic E-state index is 13.7. The molecule has 8 heteroatoms. The van der Waals surface area contributed by atoms with Crippen LogP contribution in [0.5, 0.6) is 0 Å². The summed E-state index contributed by atoms with van der Waals surface area (Å²) in [5.41, 5.74) is 4.03. The Morgan fingerprint density at radius 1 is 1.35 bits per heavy atom. The molecule has 3 aromatic rings. The number of rotatable bonds is 6. The summed E-state index contributed by atoms with van der Waals surface area (Å²) in [4.78, 5) is 34.7. The van der Waals surface area contributed by atoms with E-state index in [-0.39, 0.29) is 17.2 Å². The Labute approximate surface area is 189 Å². The molecule has 0 spiro atoms. The van der Waals surface area contributed by atoms with Gasteiger partial charge in [-0.3, -0.25) is 14.2 Å². The number of amides is 1. The van der Waals surface area contributed by atoms with Crippen LogP contribution in [0.3, 0.4) is 0 Å². The minimum Gasteiger partial charge on any atom is -0.344 e. The molecule has 0 saturated carbocycles. The van der Waals surface area contributed by atoms with Crippen molar-refractivity contribution < 1.29 is 4.79 Å². The van der Waals surface area contributed by atoms with Gasteiger partial charge in [-0.25, -0.2) is 4.98 Å². The van der Waals surface area contributed by atoms with Crippen molar-refractivity contribution in [3.8, 4) is 11.8 Å². The summed E-state index contributed by atoms with van der Waals surface area (Å²) in [6.45, 7) is 4.41. The van der Waals surface area contributed by atoms with E-state index in [1.807, 2.05) is 26.0 Å². The van der Waals surface area contributed by atoms with Gasteiger partial charge in [-0.2, -0.15) is 5.26 Å². The van der Waals surface area contributed by atoms with Gasteiger partial charge in [-0.15, -0.1) is 11.3 Å². The van der Waals surface area contributed by atoms with Crippen molar-refractivity contribution in [2.45, 2.75) is 44.7 Å². The quantitative estimate of drug-likeness (QED) is 0.417. The van der Waals surface area contributed by atoms with Gasteiger partial charge < -0.3 is 4.90 Å². The Bertz CT molecular complexity index is 1270. The molecule has 0 bridgehead atoms. The van der Waals surface area contributed by atoms with Gasteiger partial charge in [-0.1, -0.05) is 29.5 Å². The van der Waals surface area contributed by atoms with Crippen molar-refractivity contribution in [2.75, 3.05) is 19.3 Å². The third kappa shape index (κ3) is 4.12. The van der Waals surface area contributed by atoms with E-state index in [2.05, 4.69) is 12.1 Å². The normalized spacial score (nSPS) is 12.7. The predicted molar refractivity (Wildman–Crippen MR) is 125 cm³/mol. The smallest absolute Gasteiger partial charge is 0.267 e. The van der Waals surface area contributed by atoms with Gasteiger partial charge in [-0.05, 0) is 50.3 Å². The van der Waals surface area contributed by atoms with E-state index in [1.54, 1.807) is 27.9 Å². The second-order valence-corrected chi connectivity index (χ2v) is 9.90. The highest BCUT2D eigenvalue weighted by molar-refractivity contribution is 7.99. The van der Waals surface area contributed by atoms with Crippen LogP contribution in [0, 0.1) is 25.2 Å². The molecule has 0 radical (unpaired) electrons. The average Bonchev–Trinajstić information content (AvgIpc) is 3.32. The largest absolute Gasteiger partial charge is 0.344 e. The zero-order chi connectivity index (χ0) is 22.1. The highest BCUT2D eigenvalue weighted by Gasteiger charge is 2.25. The zero-order valence-electron chi connectivity index (χ0n) is 17.9. The molecule has 1 aliphatic rings. The van der Waals surface area contributed by atoms with Crippen molar-refractivity contribution in [1.82, 2.24) is 14.5 Å². The third-order valence-electron chi connectivity index (χ3n) is 5.61. The van der Waals surface area contributed by atoms with E-state index in [0.717, 1.165) is 51.9 Å². The maximum Gasteiger partial charge on any atom is 0.267 e. The molecule has 6 nitrogen and oxygen atoms in total. The number of thioether (sulfide) groups is 1. The lowest BCUT2D eigenvalue weighted by atomic mass is 10.1. The molecular formula is C23H24N4O2S2. The van der Waals surface area contributed by atoms with Gasteiger partial charge in [0.2, 0.25) is 5.91 Å². The molecule has 1 amide bonds. The number of hydrogen-bond donors (Lipinski definition) is 0. The molecule has 0 aliphatic heterocycles. The summed E-state index contributed by atoms with van der Waals surface area (Å²) in [7, 11) is 1.69. The van der Waals surface area contributed by atoms with Gasteiger partial charge >= 0.3 is 0 Å². The van der Waals surface area contributed by atoms with Crippen LogP contribution in [-0.2, 0) is 17.6 Å². The monoisotopic (exact) mass is 452 g/mol. The number of carbonyl (C=O) groups excluding carboxylic acids is 1. The second-order valence-electron chi connectivity index (χ2n) is 7.87. The molecule has 2 aromatic heterocycles. The van der Waals surface area contributed by atoms with Crippen molar-refractivity contribution >= 4 is 39.2 Å². The first-order valence-electron chi connectivity index (χ1n) is 10.3. The van der Waals surface area contributed by atoms with E-state index < -0.39 is 0 Å². The Morgan fingerprint density at radius 2 is 2.16 bits per heavy atom. The van der Waals surface area contributed by atoms with E-state index in [0.29, 0.717) is 18.1 Å². The molecule has 31 heavy (non-hydrogen) atoms. The van der Waals surface area contributed by atoms with Crippen molar-refractivity contribution in [1.29, 1.82) is 5.26 Å². The minimum atomic E-state index is -0.0875. The van der Waals surface area contributed by atoms with Gasteiger partial charge in [0.1, 0.15) is 4.83 Å². The molecule has 1 aromatic carbocycles. The molecule has 4 rings (SSSR count). The number of nitrogens with zero attached hydrogens (tertiary/aromatic N) is 4. The SMILES string of the molecule is Cc1ccc(-n2c(SCC(=O)N(C)CCC#N)nc3sc4c(c3c2=O)CCC4)c(C)c1. The molecule has 0 N–H and O–H groups in total. The zero-order valence-corrected chi connectivity index (χ0v) is 19.5. The van der Waals surface area contributed by atoms with Crippen molar-refractivity contribution in [3.63, 3.8) is 0 Å². The van der Waals surface area contributed by atoms with Crippen LogP contribution >= 0.6 is 23.1 Å². The first-order valence-corrected chi connectivity index (χ1v) is 12.1. The summed E-state index contributed by atoms with van der Waals surface area (Å²) in [6, 6.07) is 8.06. The summed E-state index contributed by atoms with van der Waals surface area (Å²) in [5, 5.41) is 10.0. The highest BCUT2D eigenvalue weighted by Crippen LogP contribution is 2.36. The van der Waals surface area contributed by atoms with Crippen LogP contribution in [0.2, 0.25) is 0 Å². The standard InChI is InChI=1S/C23H24N4O2S2/c1-14-8-9-17(15(2)12-14)27-22(29)20-16-6-4-7-18(16)31-21(20)25-23(27)30-13-19(28)26(3)11-5-10-24/h8-9,12H,4-7,11,13H2,1-3H3. The van der Waals surface area contributed by atoms with Gasteiger partial charge in [0.05, 0.1) is 29.3 Å². The fourth-order valence-corrected chi connectivity index (χ4v) is 6.22. The topological polar surface area (TPSA) is 79.0 Å². The Kier molecular flexibility index (Phi) is 6.17. The first-order chi connectivity index (χ1) is 14.9. The lowest BCUT2D eigenvalue weighted by Crippen LogP contribution is -2.29. The average molecular weight is 453 g/mol. The number of benzene rings is 1. The van der Waals surface area contributed by atoms with Crippen LogP contribution < -0.4 is 5.56 Å². The van der Waals surface area contributed by atoms with Gasteiger partial charge in [0.25, 0.3) is 5.56 Å². The minimum absolute atomic E-state index is 0.0517. The summed E-state index contributed by atoms with van der Waals surface area (Å²) in [5.74, 6) is 0.0750. The molecule has 160 valence electrons. The Balaban J connectivity index is 1.79. The molecular weight excluding hydrogens is 428 g/mol. The number of thiophene rings is 1. The Morgan fingerprint density at radius 3 is 2.90 bits per heavy atom. The third-order valence-corrected chi connectivity index (χ3v) is 7.72. The van der Waals surface area contributed by atoms with E-state index in [1.165, 1.54) is 16.6 Å². The number of carbonyl (C=O) groups is 1. The lowest BCUT2D eigenvalue weighted by Gasteiger charge is -2.17. The highest BCUT2D eigenvalue weighted by atomic mass is 32.2. The van der Waals surface area contributed by atoms with Crippen LogP contribution in [0.25, 0.3) is 15.9 Å². The maximum absolute atomic E-state index is 13.7. The number of fused-ring (bicyclic) bond motifs is 3. The lowest BCUT2D eigenvalue weighted by molar-refractivity contribution is -0.127. The fraction of sp³-hybridized carbons (Fsp3) is 0.391. The molecule has 1 aliphatic carbocycles. The van der Waals surface area contributed by atoms with Gasteiger partial charge in [0, 0.05) is 18.5 Å². The molecule has 0 saturated heterocycles. The van der Waals surface area contributed by atoms with Crippen LogP contribution in [0.4, 0.5) is 0 Å². The van der Waals surface area contributed by atoms with E-state index in [4.69, 9.17) is 10.2 Å². The second kappa shape index (κ2) is 8.85. The van der Waals surface area contributed by atoms with Crippen LogP contribution in [0.1, 0.15) is 34.4 Å². The van der Waals surface area contributed by atoms with Crippen LogP contribution in [0.15, 0.2) is 28.2 Å². The summed E-state index contributed by atoms with van der Waals surface area (Å²) < 4.78 is 1.68. The molecule has 0 fully saturated rings.